The summed E-state index contributed by atoms with van der Waals surface area (Å²) in [6.07, 6.45) is 0. The normalized spacial score (nSPS) is 17.0. The summed E-state index contributed by atoms with van der Waals surface area (Å²) in [5, 5.41) is 3.47. The molecule has 3 heterocycles. The molecule has 0 bridgehead atoms. The summed E-state index contributed by atoms with van der Waals surface area (Å²) in [6, 6.07) is 30.8. The third kappa shape index (κ3) is 8.57. The smallest absolute Gasteiger partial charge is 0.330 e. The van der Waals surface area contributed by atoms with Crippen molar-refractivity contribution in [2.45, 2.75) is 37.2 Å². The fourth-order valence-electron chi connectivity index (χ4n) is 6.39. The average molecular weight is 695 g/mol. The number of carbonyl (C=O) groups excluding carboxylic acids is 1. The number of likely N-dealkylation sites (N-methyl/N-ethyl adjacent to an activating group) is 2. The maximum atomic E-state index is 14.1. The van der Waals surface area contributed by atoms with Crippen LogP contribution in [-0.4, -0.2) is 115 Å². The monoisotopic (exact) mass is 694 g/mol. The highest BCUT2D eigenvalue weighted by molar-refractivity contribution is 8.00. The molecule has 0 unspecified atom stereocenters. The van der Waals surface area contributed by atoms with Crippen molar-refractivity contribution >= 4 is 35.6 Å². The van der Waals surface area contributed by atoms with Gasteiger partial charge in [-0.3, -0.25) is 0 Å². The summed E-state index contributed by atoms with van der Waals surface area (Å²) in [7, 11) is 4.27. The van der Waals surface area contributed by atoms with E-state index in [1.54, 1.807) is 11.8 Å². The lowest BCUT2D eigenvalue weighted by molar-refractivity contribution is -0.155. The van der Waals surface area contributed by atoms with Crippen molar-refractivity contribution in [1.82, 2.24) is 24.8 Å². The largest absolute Gasteiger partial charge is 0.458 e. The first-order chi connectivity index (χ1) is 24.1. The van der Waals surface area contributed by atoms with Crippen LogP contribution in [0.2, 0.25) is 0 Å². The maximum Gasteiger partial charge on any atom is 0.330 e. The fourth-order valence-corrected chi connectivity index (χ4v) is 7.93. The zero-order valence-electron chi connectivity index (χ0n) is 30.0. The fraction of sp³-hybridized carbons (Fsp3) is 0.436. The average Bonchev–Trinajstić information content (AvgIpc) is 3.12. The minimum Gasteiger partial charge on any atom is -0.458 e. The van der Waals surface area contributed by atoms with Crippen LogP contribution in [-0.2, 0) is 14.3 Å². The predicted molar refractivity (Wildman–Crippen MR) is 204 cm³/mol. The number of nitrogens with zero attached hydrogens (tertiary/aromatic N) is 7. The van der Waals surface area contributed by atoms with E-state index in [9.17, 15) is 4.79 Å². The maximum absolute atomic E-state index is 14.1. The van der Waals surface area contributed by atoms with Crippen LogP contribution < -0.4 is 15.1 Å². The molecular formula is C39H50N8O2S. The topological polar surface area (TPSA) is 90.0 Å². The quantitative estimate of drug-likeness (QED) is 0.166. The van der Waals surface area contributed by atoms with Gasteiger partial charge in [0.15, 0.2) is 0 Å². The molecule has 2 aliphatic rings. The van der Waals surface area contributed by atoms with Gasteiger partial charge < -0.3 is 29.7 Å². The summed E-state index contributed by atoms with van der Waals surface area (Å²) in [5.74, 6) is 1.67. The number of benzene rings is 3. The molecule has 2 saturated heterocycles. The second kappa shape index (κ2) is 15.8. The summed E-state index contributed by atoms with van der Waals surface area (Å²) in [6.45, 7) is 12.7. The Balaban J connectivity index is 1.39. The Labute approximate surface area is 301 Å². The third-order valence-electron chi connectivity index (χ3n) is 9.19. The number of hydrogen-bond acceptors (Lipinski definition) is 11. The van der Waals surface area contributed by atoms with Crippen molar-refractivity contribution in [2.75, 3.05) is 87.3 Å². The van der Waals surface area contributed by atoms with Crippen molar-refractivity contribution in [1.29, 1.82) is 0 Å². The highest BCUT2D eigenvalue weighted by Gasteiger charge is 2.39. The third-order valence-corrected chi connectivity index (χ3v) is 10.8. The molecule has 1 atom stereocenters. The lowest BCUT2D eigenvalue weighted by atomic mass is 9.84. The zero-order chi connectivity index (χ0) is 35.1. The number of anilines is 3. The molecule has 3 aromatic carbocycles. The van der Waals surface area contributed by atoms with E-state index in [0.717, 1.165) is 69.0 Å². The number of piperazine rings is 2. The molecular weight excluding hydrogens is 645 g/mol. The van der Waals surface area contributed by atoms with Gasteiger partial charge in [-0.05, 0) is 51.6 Å². The number of aromatic nitrogens is 3. The van der Waals surface area contributed by atoms with E-state index in [4.69, 9.17) is 19.7 Å². The van der Waals surface area contributed by atoms with Gasteiger partial charge in [0.05, 0.1) is 4.75 Å². The first-order valence-electron chi connectivity index (χ1n) is 17.5. The molecule has 6 rings (SSSR count). The molecule has 50 heavy (non-hydrogen) atoms. The molecule has 0 aliphatic carbocycles. The van der Waals surface area contributed by atoms with Gasteiger partial charge in [-0.2, -0.15) is 15.0 Å². The van der Waals surface area contributed by atoms with Gasteiger partial charge in [0.2, 0.25) is 17.8 Å². The second-order valence-electron chi connectivity index (χ2n) is 14.2. The number of nitrogens with one attached hydrogen (secondary N) is 1. The Kier molecular flexibility index (Phi) is 11.2. The lowest BCUT2D eigenvalue weighted by Gasteiger charge is -2.37. The van der Waals surface area contributed by atoms with Crippen LogP contribution in [0.1, 0.15) is 37.5 Å². The predicted octanol–water partition coefficient (Wildman–Crippen LogP) is 5.22. The second-order valence-corrected chi connectivity index (χ2v) is 15.4. The first-order valence-corrected chi connectivity index (χ1v) is 18.5. The standard InChI is InChI=1S/C39H50N8O2S/c1-38(2,3)49-34(48)33(29-50-39(30-15-9-6-10-16-30,31-17-11-7-12-18-31)32-19-13-8-14-20-32)40-35-41-36(46-25-21-44(4)22-26-46)43-37(42-35)47-27-23-45(5)24-28-47/h6-20,33H,21-29H2,1-5H3,(H,40,41,42,43)/t33-/m0/s1. The molecule has 2 fully saturated rings. The van der Waals surface area contributed by atoms with Crippen LogP contribution in [0.3, 0.4) is 0 Å². The Morgan fingerprint density at radius 2 is 1.08 bits per heavy atom. The Hall–Kier alpha value is -4.19. The molecule has 0 radical (unpaired) electrons. The number of carbonyl (C=O) groups is 1. The lowest BCUT2D eigenvalue weighted by Crippen LogP contribution is -2.47. The number of hydrogen-bond donors (Lipinski definition) is 1. The van der Waals surface area contributed by atoms with E-state index in [-0.39, 0.29) is 5.97 Å². The first kappa shape index (κ1) is 35.6. The minimum absolute atomic E-state index is 0.351. The SMILES string of the molecule is CN1CCN(c2nc(N[C@@H](CSC(c3ccccc3)(c3ccccc3)c3ccccc3)C(=O)OC(C)(C)C)nc(N3CCN(C)CC3)n2)CC1. The molecule has 0 spiro atoms. The van der Waals surface area contributed by atoms with E-state index in [2.05, 4.69) is 112 Å². The van der Waals surface area contributed by atoms with Gasteiger partial charge in [-0.1, -0.05) is 91.0 Å². The van der Waals surface area contributed by atoms with Gasteiger partial charge in [0, 0.05) is 58.1 Å². The van der Waals surface area contributed by atoms with Crippen molar-refractivity contribution in [2.24, 2.45) is 0 Å². The van der Waals surface area contributed by atoms with E-state index >= 15 is 0 Å². The van der Waals surface area contributed by atoms with Crippen LogP contribution in [0.5, 0.6) is 0 Å². The van der Waals surface area contributed by atoms with Gasteiger partial charge in [-0.15, -0.1) is 11.8 Å². The summed E-state index contributed by atoms with van der Waals surface area (Å²) in [4.78, 5) is 38.1. The highest BCUT2D eigenvalue weighted by Crippen LogP contribution is 2.48. The molecule has 2 aliphatic heterocycles. The van der Waals surface area contributed by atoms with Crippen LogP contribution >= 0.6 is 11.8 Å². The number of rotatable bonds is 11. The van der Waals surface area contributed by atoms with Gasteiger partial charge in [0.1, 0.15) is 11.6 Å². The van der Waals surface area contributed by atoms with Crippen LogP contribution in [0.15, 0.2) is 91.0 Å². The van der Waals surface area contributed by atoms with Crippen LogP contribution in [0, 0.1) is 0 Å². The van der Waals surface area contributed by atoms with E-state index in [1.807, 2.05) is 39.0 Å². The van der Waals surface area contributed by atoms with E-state index in [1.165, 1.54) is 0 Å². The molecule has 264 valence electrons. The van der Waals surface area contributed by atoms with Crippen molar-refractivity contribution in [3.8, 4) is 0 Å². The summed E-state index contributed by atoms with van der Waals surface area (Å²) in [5.41, 5.74) is 2.70. The molecule has 10 nitrogen and oxygen atoms in total. The van der Waals surface area contributed by atoms with Gasteiger partial charge in [-0.25, -0.2) is 4.79 Å². The van der Waals surface area contributed by atoms with E-state index < -0.39 is 16.4 Å². The molecule has 4 aromatic rings. The van der Waals surface area contributed by atoms with Gasteiger partial charge in [0.25, 0.3) is 0 Å². The molecule has 0 saturated carbocycles. The number of thioether (sulfide) groups is 1. The summed E-state index contributed by atoms with van der Waals surface area (Å²) >= 11 is 1.71. The highest BCUT2D eigenvalue weighted by atomic mass is 32.2. The van der Waals surface area contributed by atoms with E-state index in [0.29, 0.717) is 23.6 Å². The van der Waals surface area contributed by atoms with Gasteiger partial charge >= 0.3 is 5.97 Å². The Morgan fingerprint density at radius 3 is 1.46 bits per heavy atom. The van der Waals surface area contributed by atoms with Crippen molar-refractivity contribution < 1.29 is 9.53 Å². The molecule has 11 heteroatoms. The molecule has 1 aromatic heterocycles. The Morgan fingerprint density at radius 1 is 0.680 bits per heavy atom. The van der Waals surface area contributed by atoms with Crippen LogP contribution in [0.4, 0.5) is 17.8 Å². The van der Waals surface area contributed by atoms with Crippen molar-refractivity contribution in [3.63, 3.8) is 0 Å². The van der Waals surface area contributed by atoms with Crippen molar-refractivity contribution in [3.05, 3.63) is 108 Å². The summed E-state index contributed by atoms with van der Waals surface area (Å²) < 4.78 is 5.44. The molecule has 0 amide bonds. The zero-order valence-corrected chi connectivity index (χ0v) is 30.8. The Bertz CT molecular complexity index is 1540. The molecule has 1 N–H and O–H groups in total. The minimum atomic E-state index is -0.752. The van der Waals surface area contributed by atoms with Crippen LogP contribution in [0.25, 0.3) is 0 Å². The number of ether oxygens (including phenoxy) is 1. The number of esters is 1.